The van der Waals surface area contributed by atoms with Crippen molar-refractivity contribution in [2.45, 2.75) is 59.8 Å². The van der Waals surface area contributed by atoms with E-state index in [0.717, 1.165) is 12.3 Å². The first-order valence-corrected chi connectivity index (χ1v) is 5.41. The van der Waals surface area contributed by atoms with E-state index in [0.29, 0.717) is 5.41 Å². The summed E-state index contributed by atoms with van der Waals surface area (Å²) in [6, 6.07) is 0. The zero-order valence-corrected chi connectivity index (χ0v) is 9.32. The van der Waals surface area contributed by atoms with Gasteiger partial charge >= 0.3 is 0 Å². The van der Waals surface area contributed by atoms with Crippen molar-refractivity contribution < 1.29 is 0 Å². The Morgan fingerprint density at radius 3 is 1.92 bits per heavy atom. The number of hydrogen-bond donors (Lipinski definition) is 0. The van der Waals surface area contributed by atoms with E-state index in [4.69, 9.17) is 0 Å². The standard InChI is InChI=1S/C12H25/c1-6-11(7-2)10-12(5,8-3)9-4/h11H,3,6-10H2,1-2,4-5H3. The monoisotopic (exact) mass is 169 g/mol. The molecule has 0 heterocycles. The first-order valence-electron chi connectivity index (χ1n) is 5.41. The molecule has 0 aromatic rings. The van der Waals surface area contributed by atoms with Crippen LogP contribution in [0.4, 0.5) is 0 Å². The van der Waals surface area contributed by atoms with Gasteiger partial charge in [0.25, 0.3) is 0 Å². The molecule has 0 aromatic carbocycles. The first kappa shape index (κ1) is 12.0. The predicted molar refractivity (Wildman–Crippen MR) is 57.1 cm³/mol. The fourth-order valence-electron chi connectivity index (χ4n) is 1.70. The van der Waals surface area contributed by atoms with Gasteiger partial charge in [0.15, 0.2) is 0 Å². The summed E-state index contributed by atoms with van der Waals surface area (Å²) in [5.41, 5.74) is 0.497. The average Bonchev–Trinajstić information content (AvgIpc) is 2.14. The Morgan fingerprint density at radius 2 is 1.67 bits per heavy atom. The molecule has 0 fully saturated rings. The van der Waals surface area contributed by atoms with Gasteiger partial charge in [0, 0.05) is 0 Å². The maximum Gasteiger partial charge on any atom is -0.0326 e. The van der Waals surface area contributed by atoms with Crippen LogP contribution in [0.2, 0.25) is 0 Å². The molecule has 0 N–H and O–H groups in total. The summed E-state index contributed by atoms with van der Waals surface area (Å²) in [5.74, 6) is 0.914. The Morgan fingerprint density at radius 1 is 1.17 bits per heavy atom. The fraction of sp³-hybridized carbons (Fsp3) is 0.917. The molecule has 0 saturated carbocycles. The van der Waals surface area contributed by atoms with Crippen LogP contribution >= 0.6 is 0 Å². The molecule has 0 aromatic heterocycles. The van der Waals surface area contributed by atoms with Crippen molar-refractivity contribution in [2.75, 3.05) is 0 Å². The van der Waals surface area contributed by atoms with Crippen LogP contribution in [0.3, 0.4) is 0 Å². The van der Waals surface area contributed by atoms with Gasteiger partial charge in [0.05, 0.1) is 0 Å². The van der Waals surface area contributed by atoms with E-state index in [2.05, 4.69) is 34.6 Å². The lowest BCUT2D eigenvalue weighted by molar-refractivity contribution is 0.223. The zero-order chi connectivity index (χ0) is 9.61. The highest BCUT2D eigenvalue weighted by atomic mass is 14.3. The van der Waals surface area contributed by atoms with Crippen molar-refractivity contribution in [1.82, 2.24) is 0 Å². The van der Waals surface area contributed by atoms with Crippen molar-refractivity contribution in [2.24, 2.45) is 11.3 Å². The van der Waals surface area contributed by atoms with Crippen molar-refractivity contribution in [3.63, 3.8) is 0 Å². The summed E-state index contributed by atoms with van der Waals surface area (Å²) in [4.78, 5) is 0. The van der Waals surface area contributed by atoms with Crippen molar-refractivity contribution in [3.05, 3.63) is 6.92 Å². The fourth-order valence-corrected chi connectivity index (χ4v) is 1.70. The van der Waals surface area contributed by atoms with Gasteiger partial charge in [-0.05, 0) is 24.2 Å². The Bertz CT molecular complexity index is 96.6. The minimum Gasteiger partial charge on any atom is -0.0651 e. The molecule has 0 rings (SSSR count). The molecule has 0 aliphatic rings. The Balaban J connectivity index is 3.99. The molecule has 1 radical (unpaired) electrons. The lowest BCUT2D eigenvalue weighted by Gasteiger charge is -2.30. The van der Waals surface area contributed by atoms with E-state index < -0.39 is 0 Å². The van der Waals surface area contributed by atoms with Crippen LogP contribution in [0.25, 0.3) is 0 Å². The molecule has 0 bridgehead atoms. The SMILES string of the molecule is [CH2]CC(C)(CC)CC(CC)CC. The van der Waals surface area contributed by atoms with Gasteiger partial charge in [-0.1, -0.05) is 53.9 Å². The number of rotatable bonds is 6. The predicted octanol–water partition coefficient (Wildman–Crippen LogP) is 4.45. The van der Waals surface area contributed by atoms with Gasteiger partial charge < -0.3 is 0 Å². The minimum atomic E-state index is 0.497. The highest BCUT2D eigenvalue weighted by Crippen LogP contribution is 2.35. The van der Waals surface area contributed by atoms with E-state index >= 15 is 0 Å². The summed E-state index contributed by atoms with van der Waals surface area (Å²) in [6.07, 6.45) is 6.37. The Kier molecular flexibility index (Phi) is 5.61. The molecule has 0 amide bonds. The molecule has 1 atom stereocenters. The smallest absolute Gasteiger partial charge is 0.0326 e. The van der Waals surface area contributed by atoms with Crippen molar-refractivity contribution in [1.29, 1.82) is 0 Å². The molecule has 0 saturated heterocycles. The summed E-state index contributed by atoms with van der Waals surface area (Å²) in [6.45, 7) is 13.3. The third kappa shape index (κ3) is 3.60. The third-order valence-corrected chi connectivity index (χ3v) is 3.39. The summed E-state index contributed by atoms with van der Waals surface area (Å²) >= 11 is 0. The molecular formula is C12H25. The van der Waals surface area contributed by atoms with Crippen molar-refractivity contribution >= 4 is 0 Å². The van der Waals surface area contributed by atoms with Crippen molar-refractivity contribution in [3.8, 4) is 0 Å². The van der Waals surface area contributed by atoms with Crippen LogP contribution in [-0.2, 0) is 0 Å². The van der Waals surface area contributed by atoms with Crippen LogP contribution in [0, 0.1) is 18.3 Å². The van der Waals surface area contributed by atoms with E-state index in [1.165, 1.54) is 25.7 Å². The molecule has 12 heavy (non-hydrogen) atoms. The maximum atomic E-state index is 4.05. The second-order valence-electron chi connectivity index (χ2n) is 4.30. The summed E-state index contributed by atoms with van der Waals surface area (Å²) in [7, 11) is 0. The average molecular weight is 169 g/mol. The van der Waals surface area contributed by atoms with Gasteiger partial charge in [0.1, 0.15) is 0 Å². The largest absolute Gasteiger partial charge is 0.0651 e. The van der Waals surface area contributed by atoms with Crippen LogP contribution in [-0.4, -0.2) is 0 Å². The third-order valence-electron chi connectivity index (χ3n) is 3.39. The van der Waals surface area contributed by atoms with Crippen LogP contribution in [0.15, 0.2) is 0 Å². The van der Waals surface area contributed by atoms with Gasteiger partial charge in [-0.15, -0.1) is 0 Å². The van der Waals surface area contributed by atoms with Gasteiger partial charge in [0.2, 0.25) is 0 Å². The molecule has 0 heteroatoms. The number of hydrogen-bond acceptors (Lipinski definition) is 0. The molecule has 0 aliphatic heterocycles. The van der Waals surface area contributed by atoms with Gasteiger partial charge in [-0.25, -0.2) is 0 Å². The van der Waals surface area contributed by atoms with Crippen LogP contribution < -0.4 is 0 Å². The molecule has 0 spiro atoms. The lowest BCUT2D eigenvalue weighted by Crippen LogP contribution is -2.18. The second kappa shape index (κ2) is 5.61. The van der Waals surface area contributed by atoms with E-state index in [-0.39, 0.29) is 0 Å². The highest BCUT2D eigenvalue weighted by Gasteiger charge is 2.22. The maximum absolute atomic E-state index is 4.05. The molecule has 73 valence electrons. The molecule has 1 unspecified atom stereocenters. The lowest BCUT2D eigenvalue weighted by atomic mass is 9.75. The van der Waals surface area contributed by atoms with Crippen LogP contribution in [0.5, 0.6) is 0 Å². The topological polar surface area (TPSA) is 0 Å². The normalized spacial score (nSPS) is 12.5. The molecule has 0 nitrogen and oxygen atoms in total. The molecular weight excluding hydrogens is 144 g/mol. The van der Waals surface area contributed by atoms with Gasteiger partial charge in [-0.2, -0.15) is 0 Å². The van der Waals surface area contributed by atoms with E-state index in [1.807, 2.05) is 0 Å². The second-order valence-corrected chi connectivity index (χ2v) is 4.30. The van der Waals surface area contributed by atoms with E-state index in [9.17, 15) is 0 Å². The first-order chi connectivity index (χ1) is 5.61. The van der Waals surface area contributed by atoms with Crippen LogP contribution in [0.1, 0.15) is 59.8 Å². The zero-order valence-electron chi connectivity index (χ0n) is 9.32. The van der Waals surface area contributed by atoms with E-state index in [1.54, 1.807) is 0 Å². The van der Waals surface area contributed by atoms with Gasteiger partial charge in [-0.3, -0.25) is 0 Å². The quantitative estimate of drug-likeness (QED) is 0.551. The Labute approximate surface area is 78.8 Å². The minimum absolute atomic E-state index is 0.497. The Hall–Kier alpha value is 0. The summed E-state index contributed by atoms with van der Waals surface area (Å²) < 4.78 is 0. The molecule has 0 aliphatic carbocycles. The summed E-state index contributed by atoms with van der Waals surface area (Å²) in [5, 5.41) is 0. The highest BCUT2D eigenvalue weighted by molar-refractivity contribution is 4.76.